The number of rotatable bonds is 8. The van der Waals surface area contributed by atoms with Crippen molar-refractivity contribution in [1.82, 2.24) is 34.8 Å². The molecule has 2 aliphatic rings. The van der Waals surface area contributed by atoms with Crippen molar-refractivity contribution < 1.29 is 4.39 Å². The summed E-state index contributed by atoms with van der Waals surface area (Å²) in [4.78, 5) is 11.6. The van der Waals surface area contributed by atoms with Crippen molar-refractivity contribution in [2.45, 2.75) is 57.2 Å². The molecule has 5 heterocycles. The van der Waals surface area contributed by atoms with Crippen LogP contribution in [0.15, 0.2) is 36.8 Å². The lowest BCUT2D eigenvalue weighted by atomic mass is 10.1. The number of fused-ring (bicyclic) bond motifs is 1. The third-order valence-electron chi connectivity index (χ3n) is 6.96. The number of aryl methyl sites for hydroxylation is 1. The number of likely N-dealkylation sites (tertiary alicyclic amines) is 1. The first-order chi connectivity index (χ1) is 17.2. The summed E-state index contributed by atoms with van der Waals surface area (Å²) >= 11 is 1.63. The first kappa shape index (κ1) is 22.5. The Balaban J connectivity index is 1.12. The van der Waals surface area contributed by atoms with Gasteiger partial charge in [-0.2, -0.15) is 5.10 Å². The zero-order valence-electron chi connectivity index (χ0n) is 19.6. The minimum absolute atomic E-state index is 0.558. The van der Waals surface area contributed by atoms with Crippen molar-refractivity contribution in [3.05, 3.63) is 41.8 Å². The molecule has 182 valence electrons. The van der Waals surface area contributed by atoms with E-state index < -0.39 is 6.17 Å². The van der Waals surface area contributed by atoms with Gasteiger partial charge in [0, 0.05) is 55.6 Å². The predicted molar refractivity (Wildman–Crippen MR) is 136 cm³/mol. The average molecular weight is 493 g/mol. The van der Waals surface area contributed by atoms with Gasteiger partial charge >= 0.3 is 0 Å². The van der Waals surface area contributed by atoms with E-state index in [0.29, 0.717) is 18.9 Å². The number of pyridine rings is 2. The molecule has 0 bridgehead atoms. The van der Waals surface area contributed by atoms with Crippen LogP contribution >= 0.6 is 11.3 Å². The zero-order valence-corrected chi connectivity index (χ0v) is 20.4. The van der Waals surface area contributed by atoms with Crippen LogP contribution in [0.5, 0.6) is 0 Å². The highest BCUT2D eigenvalue weighted by molar-refractivity contribution is 7.15. The maximum Gasteiger partial charge on any atom is 0.211 e. The van der Waals surface area contributed by atoms with Gasteiger partial charge in [0.2, 0.25) is 5.13 Å². The molecule has 0 radical (unpaired) electrons. The Bertz CT molecular complexity index is 1300. The van der Waals surface area contributed by atoms with Crippen LogP contribution in [0.3, 0.4) is 0 Å². The third kappa shape index (κ3) is 5.18. The van der Waals surface area contributed by atoms with Crippen LogP contribution in [0.4, 0.5) is 15.3 Å². The number of nitrogens with one attached hydrogen (secondary N) is 1. The molecule has 1 N–H and O–H groups in total. The molecule has 1 aliphatic heterocycles. The van der Waals surface area contributed by atoms with Crippen molar-refractivity contribution in [2.75, 3.05) is 25.0 Å². The molecule has 10 heteroatoms. The molecule has 1 aliphatic carbocycles. The Morgan fingerprint density at radius 2 is 1.94 bits per heavy atom. The Labute approximate surface area is 207 Å². The van der Waals surface area contributed by atoms with Gasteiger partial charge < -0.3 is 10.2 Å². The quantitative estimate of drug-likeness (QED) is 0.363. The zero-order chi connectivity index (χ0) is 23.6. The van der Waals surface area contributed by atoms with Crippen LogP contribution in [0.1, 0.15) is 49.5 Å². The minimum atomic E-state index is -0.663. The Kier molecular flexibility index (Phi) is 6.39. The molecule has 1 saturated heterocycles. The molecule has 2 fully saturated rings. The summed E-state index contributed by atoms with van der Waals surface area (Å²) in [6.07, 6.45) is 11.7. The van der Waals surface area contributed by atoms with Gasteiger partial charge in [-0.15, -0.1) is 10.2 Å². The highest BCUT2D eigenvalue weighted by Crippen LogP contribution is 2.37. The van der Waals surface area contributed by atoms with Crippen molar-refractivity contribution >= 4 is 33.3 Å². The molecule has 0 aromatic carbocycles. The standard InChI is InChI=1S/C25H29FN8S/c26-20-8-11-33(16-20)9-3-10-34-15-19(14-28-34)18-12-22-21(27-13-18)6-7-23(29-22)30-25-32-31-24(35-25)17-4-1-2-5-17/h6-7,12-15,17,20H,1-5,8-11,16H2,(H,29,30,32). The molecular formula is C25H29FN8S. The van der Waals surface area contributed by atoms with E-state index in [0.717, 1.165) is 64.2 Å². The second-order valence-electron chi connectivity index (χ2n) is 9.54. The maximum atomic E-state index is 13.3. The maximum absolute atomic E-state index is 13.3. The van der Waals surface area contributed by atoms with Gasteiger partial charge in [0.1, 0.15) is 17.0 Å². The highest BCUT2D eigenvalue weighted by atomic mass is 32.1. The molecule has 0 spiro atoms. The Morgan fingerprint density at radius 1 is 1.03 bits per heavy atom. The van der Waals surface area contributed by atoms with E-state index in [2.05, 4.69) is 30.5 Å². The van der Waals surface area contributed by atoms with E-state index in [1.165, 1.54) is 25.7 Å². The average Bonchev–Trinajstić information content (AvgIpc) is 3.67. The second kappa shape index (κ2) is 9.94. The van der Waals surface area contributed by atoms with Gasteiger partial charge in [-0.3, -0.25) is 9.67 Å². The Morgan fingerprint density at radius 3 is 2.80 bits per heavy atom. The first-order valence-corrected chi connectivity index (χ1v) is 13.3. The molecule has 4 aromatic rings. The summed E-state index contributed by atoms with van der Waals surface area (Å²) in [6.45, 7) is 3.14. The summed E-state index contributed by atoms with van der Waals surface area (Å²) in [6, 6.07) is 5.94. The number of nitrogens with zero attached hydrogens (tertiary/aromatic N) is 7. The van der Waals surface area contributed by atoms with Crippen molar-refractivity contribution in [3.63, 3.8) is 0 Å². The van der Waals surface area contributed by atoms with E-state index in [4.69, 9.17) is 4.98 Å². The summed E-state index contributed by atoms with van der Waals surface area (Å²) in [5.74, 6) is 1.29. The lowest BCUT2D eigenvalue weighted by Gasteiger charge is -2.13. The highest BCUT2D eigenvalue weighted by Gasteiger charge is 2.22. The lowest BCUT2D eigenvalue weighted by molar-refractivity contribution is 0.280. The van der Waals surface area contributed by atoms with Crippen molar-refractivity contribution in [2.24, 2.45) is 0 Å². The van der Waals surface area contributed by atoms with Crippen LogP contribution in [0.25, 0.3) is 22.2 Å². The third-order valence-corrected chi connectivity index (χ3v) is 7.96. The van der Waals surface area contributed by atoms with Crippen molar-refractivity contribution in [1.29, 1.82) is 0 Å². The van der Waals surface area contributed by atoms with Crippen LogP contribution in [-0.2, 0) is 6.54 Å². The molecule has 6 rings (SSSR count). The molecule has 1 unspecified atom stereocenters. The number of anilines is 2. The van der Waals surface area contributed by atoms with Crippen LogP contribution in [0.2, 0.25) is 0 Å². The molecule has 1 saturated carbocycles. The molecule has 8 nitrogen and oxygen atoms in total. The monoisotopic (exact) mass is 492 g/mol. The number of aromatic nitrogens is 6. The summed E-state index contributed by atoms with van der Waals surface area (Å²) in [5, 5.41) is 18.4. The summed E-state index contributed by atoms with van der Waals surface area (Å²) < 4.78 is 15.3. The fraction of sp³-hybridized carbons (Fsp3) is 0.480. The van der Waals surface area contributed by atoms with Gasteiger partial charge in [-0.05, 0) is 43.9 Å². The Hall–Kier alpha value is -2.98. The lowest BCUT2D eigenvalue weighted by Crippen LogP contribution is -2.23. The van der Waals surface area contributed by atoms with Gasteiger partial charge in [-0.1, -0.05) is 24.2 Å². The predicted octanol–water partition coefficient (Wildman–Crippen LogP) is 5.18. The van der Waals surface area contributed by atoms with Crippen molar-refractivity contribution in [3.8, 4) is 11.1 Å². The van der Waals surface area contributed by atoms with Crippen LogP contribution < -0.4 is 5.32 Å². The van der Waals surface area contributed by atoms with Gasteiger partial charge in [0.05, 0.1) is 17.2 Å². The minimum Gasteiger partial charge on any atom is -0.315 e. The van der Waals surface area contributed by atoms with E-state index >= 15 is 0 Å². The molecule has 1 atom stereocenters. The molecule has 4 aromatic heterocycles. The number of hydrogen-bond acceptors (Lipinski definition) is 8. The number of hydrogen-bond donors (Lipinski definition) is 1. The summed E-state index contributed by atoms with van der Waals surface area (Å²) in [7, 11) is 0. The fourth-order valence-corrected chi connectivity index (χ4v) is 5.97. The number of alkyl halides is 1. The number of halogens is 1. The van der Waals surface area contributed by atoms with E-state index in [1.807, 2.05) is 41.5 Å². The topological polar surface area (TPSA) is 84.7 Å². The van der Waals surface area contributed by atoms with Gasteiger partial charge in [0.25, 0.3) is 0 Å². The normalized spacial score (nSPS) is 19.2. The van der Waals surface area contributed by atoms with Gasteiger partial charge in [-0.25, -0.2) is 9.37 Å². The largest absolute Gasteiger partial charge is 0.315 e. The van der Waals surface area contributed by atoms with E-state index in [-0.39, 0.29) is 0 Å². The second-order valence-corrected chi connectivity index (χ2v) is 10.6. The smallest absolute Gasteiger partial charge is 0.211 e. The molecule has 35 heavy (non-hydrogen) atoms. The van der Waals surface area contributed by atoms with Gasteiger partial charge in [0.15, 0.2) is 0 Å². The van der Waals surface area contributed by atoms with E-state index in [1.54, 1.807) is 11.3 Å². The van der Waals surface area contributed by atoms with E-state index in [9.17, 15) is 4.39 Å². The first-order valence-electron chi connectivity index (χ1n) is 12.5. The SMILES string of the molecule is FC1CCN(CCCn2cc(-c3cnc4ccc(Nc5nnc(C6CCCC6)s5)nc4c3)cn2)C1. The van der Waals surface area contributed by atoms with Crippen LogP contribution in [0, 0.1) is 0 Å². The molecular weight excluding hydrogens is 463 g/mol. The summed E-state index contributed by atoms with van der Waals surface area (Å²) in [5.41, 5.74) is 3.64. The molecule has 0 amide bonds. The fourth-order valence-electron chi connectivity index (χ4n) is 5.05. The van der Waals surface area contributed by atoms with Crippen LogP contribution in [-0.4, -0.2) is 60.7 Å².